The molecule has 0 aromatic rings. The van der Waals surface area contributed by atoms with E-state index in [0.29, 0.717) is 0 Å². The Bertz CT molecular complexity index is 450. The van der Waals surface area contributed by atoms with Crippen LogP contribution in [-0.4, -0.2) is 49.0 Å². The van der Waals surface area contributed by atoms with Gasteiger partial charge in [-0.1, -0.05) is 19.7 Å². The predicted molar refractivity (Wildman–Crippen MR) is 80.5 cm³/mol. The van der Waals surface area contributed by atoms with Gasteiger partial charge in [0.15, 0.2) is 0 Å². The Morgan fingerprint density at radius 1 is 0.913 bits per heavy atom. The van der Waals surface area contributed by atoms with Crippen LogP contribution in [0.25, 0.3) is 0 Å². The van der Waals surface area contributed by atoms with Gasteiger partial charge in [0, 0.05) is 24.2 Å². The molecule has 8 heteroatoms. The second-order valence-corrected chi connectivity index (χ2v) is 4.48. The van der Waals surface area contributed by atoms with Gasteiger partial charge in [0.05, 0.1) is 0 Å². The lowest BCUT2D eigenvalue weighted by Crippen LogP contribution is -2.35. The minimum atomic E-state index is -0.693. The van der Waals surface area contributed by atoms with E-state index in [1.165, 1.54) is 18.7 Å². The molecule has 0 N–H and O–H groups in total. The van der Waals surface area contributed by atoms with Gasteiger partial charge in [-0.15, -0.1) is 0 Å². The van der Waals surface area contributed by atoms with Gasteiger partial charge in [-0.05, 0) is 19.9 Å². The van der Waals surface area contributed by atoms with Crippen LogP contribution in [0, 0.1) is 0 Å². The molecule has 0 spiro atoms. The third kappa shape index (κ3) is 9.22. The highest BCUT2D eigenvalue weighted by Crippen LogP contribution is 1.97. The number of amides is 1. The Kier molecular flexibility index (Phi) is 9.97. The molecule has 0 aromatic heterocycles. The van der Waals surface area contributed by atoms with E-state index in [1.807, 2.05) is 0 Å². The van der Waals surface area contributed by atoms with E-state index in [1.54, 1.807) is 0 Å². The van der Waals surface area contributed by atoms with Crippen molar-refractivity contribution in [3.63, 3.8) is 0 Å². The Morgan fingerprint density at radius 2 is 1.30 bits per heavy atom. The minimum Gasteiger partial charge on any atom is -0.334 e. The average molecular weight is 327 g/mol. The van der Waals surface area contributed by atoms with Gasteiger partial charge in [-0.2, -0.15) is 9.78 Å². The molecule has 0 bridgehead atoms. The summed E-state index contributed by atoms with van der Waals surface area (Å²) in [5.74, 6) is -1.77. The largest absolute Gasteiger partial charge is 0.368 e. The molecule has 23 heavy (non-hydrogen) atoms. The van der Waals surface area contributed by atoms with Crippen molar-refractivity contribution >= 4 is 17.8 Å². The highest BCUT2D eigenvalue weighted by Gasteiger charge is 2.12. The summed E-state index contributed by atoms with van der Waals surface area (Å²) in [6.07, 6.45) is 1.11. The third-order valence-corrected chi connectivity index (χ3v) is 2.34. The standard InChI is InChI=1S/C15H21NO7/c1-6-13(17)16(7-9-20-22-14(18)11(2)3)8-10-21-23-15(19)12(4)5/h6H,1-2,4,7-10H2,3,5H3. The summed E-state index contributed by atoms with van der Waals surface area (Å²) in [4.78, 5) is 53.4. The van der Waals surface area contributed by atoms with E-state index in [-0.39, 0.29) is 43.4 Å². The summed E-state index contributed by atoms with van der Waals surface area (Å²) in [5.41, 5.74) is 0.383. The van der Waals surface area contributed by atoms with Gasteiger partial charge in [0.2, 0.25) is 5.91 Å². The number of carbonyl (C=O) groups is 3. The van der Waals surface area contributed by atoms with E-state index in [2.05, 4.69) is 39.3 Å². The van der Waals surface area contributed by atoms with Crippen LogP contribution < -0.4 is 0 Å². The molecule has 0 saturated heterocycles. The van der Waals surface area contributed by atoms with Crippen molar-refractivity contribution in [2.75, 3.05) is 26.3 Å². The van der Waals surface area contributed by atoms with Crippen LogP contribution in [0.4, 0.5) is 0 Å². The molecule has 1 amide bonds. The topological polar surface area (TPSA) is 91.4 Å². The number of carbonyl (C=O) groups excluding carboxylic acids is 3. The molecular formula is C15H21NO7. The van der Waals surface area contributed by atoms with Crippen molar-refractivity contribution in [2.24, 2.45) is 0 Å². The summed E-state index contributed by atoms with van der Waals surface area (Å²) in [6, 6.07) is 0. The van der Waals surface area contributed by atoms with Crippen molar-refractivity contribution < 1.29 is 33.9 Å². The quantitative estimate of drug-likeness (QED) is 0.243. The van der Waals surface area contributed by atoms with Crippen molar-refractivity contribution in [2.45, 2.75) is 13.8 Å². The maximum Gasteiger partial charge on any atom is 0.368 e. The molecule has 0 rings (SSSR count). The molecule has 8 nitrogen and oxygen atoms in total. The maximum atomic E-state index is 11.6. The van der Waals surface area contributed by atoms with Crippen LogP contribution in [0.15, 0.2) is 37.0 Å². The van der Waals surface area contributed by atoms with Crippen LogP contribution in [0.2, 0.25) is 0 Å². The van der Waals surface area contributed by atoms with Gasteiger partial charge in [-0.3, -0.25) is 14.6 Å². The van der Waals surface area contributed by atoms with E-state index in [4.69, 9.17) is 0 Å². The third-order valence-electron chi connectivity index (χ3n) is 2.34. The lowest BCUT2D eigenvalue weighted by molar-refractivity contribution is -0.273. The van der Waals surface area contributed by atoms with E-state index in [9.17, 15) is 14.4 Å². The second-order valence-electron chi connectivity index (χ2n) is 4.48. The number of nitrogens with zero attached hydrogens (tertiary/aromatic N) is 1. The van der Waals surface area contributed by atoms with Crippen LogP contribution in [-0.2, 0) is 33.9 Å². The van der Waals surface area contributed by atoms with E-state index < -0.39 is 11.9 Å². The first-order chi connectivity index (χ1) is 10.8. The molecule has 0 aromatic carbocycles. The summed E-state index contributed by atoms with van der Waals surface area (Å²) < 4.78 is 0. The summed E-state index contributed by atoms with van der Waals surface area (Å²) >= 11 is 0. The zero-order valence-corrected chi connectivity index (χ0v) is 13.3. The first kappa shape index (κ1) is 20.6. The first-order valence-corrected chi connectivity index (χ1v) is 6.69. The molecule has 128 valence electrons. The van der Waals surface area contributed by atoms with Crippen molar-refractivity contribution in [1.82, 2.24) is 4.90 Å². The Balaban J connectivity index is 4.13. The van der Waals surface area contributed by atoms with Crippen LogP contribution >= 0.6 is 0 Å². The first-order valence-electron chi connectivity index (χ1n) is 6.69. The predicted octanol–water partition coefficient (Wildman–Crippen LogP) is 1.10. The van der Waals surface area contributed by atoms with E-state index >= 15 is 0 Å². The highest BCUT2D eigenvalue weighted by molar-refractivity contribution is 5.87. The van der Waals surface area contributed by atoms with Crippen LogP contribution in [0.3, 0.4) is 0 Å². The molecule has 0 radical (unpaired) electrons. The highest BCUT2D eigenvalue weighted by atomic mass is 17.2. The monoisotopic (exact) mass is 327 g/mol. The molecule has 0 aliphatic heterocycles. The summed E-state index contributed by atoms with van der Waals surface area (Å²) in [6.45, 7) is 13.2. The zero-order chi connectivity index (χ0) is 17.8. The fourth-order valence-electron chi connectivity index (χ4n) is 1.09. The van der Waals surface area contributed by atoms with Gasteiger partial charge in [0.25, 0.3) is 0 Å². The lowest BCUT2D eigenvalue weighted by atomic mass is 10.4. The second kappa shape index (κ2) is 11.2. The molecule has 0 aliphatic rings. The fraction of sp³-hybridized carbons (Fsp3) is 0.400. The van der Waals surface area contributed by atoms with Gasteiger partial charge in [0.1, 0.15) is 13.2 Å². The SMILES string of the molecule is C=CC(=O)N(CCOOC(=O)C(=C)C)CCOOC(=O)C(=C)C. The van der Waals surface area contributed by atoms with E-state index in [0.717, 1.165) is 6.08 Å². The van der Waals surface area contributed by atoms with Crippen LogP contribution in [0.5, 0.6) is 0 Å². The van der Waals surface area contributed by atoms with Gasteiger partial charge in [-0.25, -0.2) is 9.59 Å². The van der Waals surface area contributed by atoms with Crippen molar-refractivity contribution in [1.29, 1.82) is 0 Å². The molecule has 0 aliphatic carbocycles. The number of hydrogen-bond donors (Lipinski definition) is 0. The smallest absolute Gasteiger partial charge is 0.334 e. The lowest BCUT2D eigenvalue weighted by Gasteiger charge is -2.20. The molecule has 0 unspecified atom stereocenters. The minimum absolute atomic E-state index is 0.0514. The normalized spacial score (nSPS) is 9.65. The van der Waals surface area contributed by atoms with Crippen molar-refractivity contribution in [3.8, 4) is 0 Å². The summed E-state index contributed by atoms with van der Waals surface area (Å²) in [5, 5.41) is 0. The zero-order valence-electron chi connectivity index (χ0n) is 13.3. The number of rotatable bonds is 11. The van der Waals surface area contributed by atoms with Gasteiger partial charge < -0.3 is 4.90 Å². The van der Waals surface area contributed by atoms with Crippen LogP contribution in [0.1, 0.15) is 13.8 Å². The maximum absolute atomic E-state index is 11.6. The average Bonchev–Trinajstić information content (AvgIpc) is 2.51. The fourth-order valence-corrected chi connectivity index (χ4v) is 1.09. The molecule has 0 atom stereocenters. The Labute approximate surface area is 134 Å². The molecule has 0 saturated carbocycles. The Hall–Kier alpha value is -2.45. The molecular weight excluding hydrogens is 306 g/mol. The molecule has 0 heterocycles. The molecule has 0 fully saturated rings. The van der Waals surface area contributed by atoms with Gasteiger partial charge >= 0.3 is 11.9 Å². The number of hydrogen-bond acceptors (Lipinski definition) is 7. The summed E-state index contributed by atoms with van der Waals surface area (Å²) in [7, 11) is 0. The Morgan fingerprint density at radius 3 is 1.61 bits per heavy atom. The van der Waals surface area contributed by atoms with Crippen molar-refractivity contribution in [3.05, 3.63) is 37.0 Å².